The number of hydrogen-bond acceptors (Lipinski definition) is 3. The Balaban J connectivity index is 2.59. The van der Waals surface area contributed by atoms with Gasteiger partial charge in [0.25, 0.3) is 10.0 Å². The Morgan fingerprint density at radius 3 is 2.12 bits per heavy atom. The van der Waals surface area contributed by atoms with Gasteiger partial charge in [-0.15, -0.1) is 0 Å². The van der Waals surface area contributed by atoms with Crippen molar-refractivity contribution < 1.29 is 13.5 Å². The van der Waals surface area contributed by atoms with Gasteiger partial charge in [-0.2, -0.15) is 0 Å². The SMILES string of the molecule is CC(C)c1cc(NS(=O)(=O)c2ccccc2)c(Br)c(C(C)C)c1O. The van der Waals surface area contributed by atoms with E-state index in [2.05, 4.69) is 20.7 Å². The summed E-state index contributed by atoms with van der Waals surface area (Å²) in [5.41, 5.74) is 1.85. The van der Waals surface area contributed by atoms with Crippen LogP contribution < -0.4 is 4.72 Å². The van der Waals surface area contributed by atoms with Crippen molar-refractivity contribution >= 4 is 31.6 Å². The lowest BCUT2D eigenvalue weighted by Gasteiger charge is -2.21. The zero-order valence-corrected chi connectivity index (χ0v) is 16.6. The van der Waals surface area contributed by atoms with Crippen LogP contribution >= 0.6 is 15.9 Å². The quantitative estimate of drug-likeness (QED) is 0.664. The molecule has 0 aliphatic heterocycles. The van der Waals surface area contributed by atoms with Gasteiger partial charge in [0.1, 0.15) is 5.75 Å². The van der Waals surface area contributed by atoms with E-state index in [9.17, 15) is 13.5 Å². The molecule has 2 aromatic carbocycles. The molecule has 0 heterocycles. The second-order valence-electron chi connectivity index (χ2n) is 6.32. The second-order valence-corrected chi connectivity index (χ2v) is 8.79. The van der Waals surface area contributed by atoms with Crippen LogP contribution in [0.15, 0.2) is 45.8 Å². The van der Waals surface area contributed by atoms with Gasteiger partial charge in [-0.1, -0.05) is 45.9 Å². The summed E-state index contributed by atoms with van der Waals surface area (Å²) in [5.74, 6) is 0.322. The minimum Gasteiger partial charge on any atom is -0.507 e. The highest BCUT2D eigenvalue weighted by Gasteiger charge is 2.23. The molecule has 2 rings (SSSR count). The number of hydrogen-bond donors (Lipinski definition) is 2. The van der Waals surface area contributed by atoms with Gasteiger partial charge < -0.3 is 5.11 Å². The first-order chi connectivity index (χ1) is 11.1. The number of benzene rings is 2. The van der Waals surface area contributed by atoms with E-state index in [-0.39, 0.29) is 22.5 Å². The minimum atomic E-state index is -3.70. The Labute approximate surface area is 152 Å². The van der Waals surface area contributed by atoms with Crippen molar-refractivity contribution in [3.8, 4) is 5.75 Å². The molecular weight excluding hydrogens is 390 g/mol. The number of rotatable bonds is 5. The van der Waals surface area contributed by atoms with Gasteiger partial charge in [-0.25, -0.2) is 8.42 Å². The van der Waals surface area contributed by atoms with Crippen molar-refractivity contribution in [2.45, 2.75) is 44.4 Å². The predicted octanol–water partition coefficient (Wildman–Crippen LogP) is 5.20. The fraction of sp³-hybridized carbons (Fsp3) is 0.333. The second kappa shape index (κ2) is 7.15. The first-order valence-corrected chi connectivity index (χ1v) is 10.1. The number of nitrogens with one attached hydrogen (secondary N) is 1. The van der Waals surface area contributed by atoms with Crippen LogP contribution in [-0.4, -0.2) is 13.5 Å². The van der Waals surface area contributed by atoms with Crippen molar-refractivity contribution in [2.75, 3.05) is 4.72 Å². The van der Waals surface area contributed by atoms with Crippen molar-refractivity contribution in [3.63, 3.8) is 0 Å². The average molecular weight is 412 g/mol. The molecule has 130 valence electrons. The summed E-state index contributed by atoms with van der Waals surface area (Å²) in [4.78, 5) is 0.196. The van der Waals surface area contributed by atoms with Gasteiger partial charge in [-0.3, -0.25) is 4.72 Å². The minimum absolute atomic E-state index is 0.0399. The molecule has 0 aromatic heterocycles. The molecule has 0 bridgehead atoms. The van der Waals surface area contributed by atoms with Gasteiger partial charge in [0, 0.05) is 10.0 Å². The lowest BCUT2D eigenvalue weighted by Crippen LogP contribution is -2.14. The normalized spacial score (nSPS) is 12.0. The van der Waals surface area contributed by atoms with E-state index in [4.69, 9.17) is 0 Å². The molecule has 0 amide bonds. The van der Waals surface area contributed by atoms with Gasteiger partial charge >= 0.3 is 0 Å². The zero-order valence-electron chi connectivity index (χ0n) is 14.2. The zero-order chi connectivity index (χ0) is 18.1. The molecule has 0 fully saturated rings. The van der Waals surface area contributed by atoms with Crippen LogP contribution in [0.4, 0.5) is 5.69 Å². The van der Waals surface area contributed by atoms with Crippen LogP contribution in [0, 0.1) is 0 Å². The Kier molecular flexibility index (Phi) is 5.60. The van der Waals surface area contributed by atoms with Crippen LogP contribution in [-0.2, 0) is 10.0 Å². The molecule has 0 saturated carbocycles. The van der Waals surface area contributed by atoms with Gasteiger partial charge in [0.05, 0.1) is 10.6 Å². The van der Waals surface area contributed by atoms with Crippen molar-refractivity contribution in [1.82, 2.24) is 0 Å². The third kappa shape index (κ3) is 3.75. The van der Waals surface area contributed by atoms with Crippen molar-refractivity contribution in [2.24, 2.45) is 0 Å². The summed E-state index contributed by atoms with van der Waals surface area (Å²) in [7, 11) is -3.70. The molecule has 2 N–H and O–H groups in total. The van der Waals surface area contributed by atoms with Crippen LogP contribution in [0.5, 0.6) is 5.75 Å². The Morgan fingerprint density at radius 2 is 1.62 bits per heavy atom. The average Bonchev–Trinajstić information content (AvgIpc) is 2.50. The molecule has 0 atom stereocenters. The van der Waals surface area contributed by atoms with Gasteiger partial charge in [0.2, 0.25) is 0 Å². The number of aromatic hydroxyl groups is 1. The third-order valence-electron chi connectivity index (χ3n) is 3.80. The van der Waals surface area contributed by atoms with E-state index in [1.165, 1.54) is 0 Å². The fourth-order valence-corrected chi connectivity index (χ4v) is 4.61. The number of halogens is 1. The number of anilines is 1. The molecule has 4 nitrogen and oxygen atoms in total. The number of sulfonamides is 1. The van der Waals surface area contributed by atoms with Crippen LogP contribution in [0.2, 0.25) is 0 Å². The maximum atomic E-state index is 12.6. The summed E-state index contributed by atoms with van der Waals surface area (Å²) < 4.78 is 28.4. The summed E-state index contributed by atoms with van der Waals surface area (Å²) >= 11 is 3.45. The van der Waals surface area contributed by atoms with E-state index in [0.29, 0.717) is 21.3 Å². The first kappa shape index (κ1) is 18.8. The smallest absolute Gasteiger partial charge is 0.261 e. The van der Waals surface area contributed by atoms with E-state index < -0.39 is 10.0 Å². The fourth-order valence-electron chi connectivity index (χ4n) is 2.54. The number of phenols is 1. The molecule has 2 aromatic rings. The highest BCUT2D eigenvalue weighted by atomic mass is 79.9. The monoisotopic (exact) mass is 411 g/mol. The molecule has 0 spiro atoms. The van der Waals surface area contributed by atoms with E-state index in [1.54, 1.807) is 36.4 Å². The van der Waals surface area contributed by atoms with Crippen LogP contribution in [0.3, 0.4) is 0 Å². The Hall–Kier alpha value is -1.53. The van der Waals surface area contributed by atoms with Gasteiger partial charge in [0.15, 0.2) is 0 Å². The highest BCUT2D eigenvalue weighted by molar-refractivity contribution is 9.10. The first-order valence-electron chi connectivity index (χ1n) is 7.78. The molecule has 0 saturated heterocycles. The molecule has 0 radical (unpaired) electrons. The maximum Gasteiger partial charge on any atom is 0.261 e. The summed E-state index contributed by atoms with van der Waals surface area (Å²) in [6.45, 7) is 7.84. The molecule has 24 heavy (non-hydrogen) atoms. The number of phenolic OH excluding ortho intramolecular Hbond substituents is 1. The van der Waals surface area contributed by atoms with Crippen LogP contribution in [0.1, 0.15) is 50.7 Å². The topological polar surface area (TPSA) is 66.4 Å². The lowest BCUT2D eigenvalue weighted by molar-refractivity contribution is 0.454. The standard InChI is InChI=1S/C18H22BrNO3S/c1-11(2)14-10-15(17(19)16(12(3)4)18(14)21)20-24(22,23)13-8-6-5-7-9-13/h5-12,20-21H,1-4H3. The van der Waals surface area contributed by atoms with Crippen molar-refractivity contribution in [1.29, 1.82) is 0 Å². The lowest BCUT2D eigenvalue weighted by atomic mass is 9.93. The van der Waals surface area contributed by atoms with E-state index in [0.717, 1.165) is 0 Å². The van der Waals surface area contributed by atoms with E-state index >= 15 is 0 Å². The third-order valence-corrected chi connectivity index (χ3v) is 6.03. The molecule has 0 aliphatic rings. The summed E-state index contributed by atoms with van der Waals surface area (Å²) in [6, 6.07) is 9.91. The Bertz CT molecular complexity index is 831. The molecule has 0 unspecified atom stereocenters. The molecular formula is C18H22BrNO3S. The predicted molar refractivity (Wildman–Crippen MR) is 101 cm³/mol. The molecule has 6 heteroatoms. The highest BCUT2D eigenvalue weighted by Crippen LogP contribution is 2.43. The Morgan fingerprint density at radius 1 is 1.04 bits per heavy atom. The van der Waals surface area contributed by atoms with Gasteiger partial charge in [-0.05, 0) is 51.5 Å². The summed E-state index contributed by atoms with van der Waals surface area (Å²) in [5, 5.41) is 10.5. The van der Waals surface area contributed by atoms with E-state index in [1.807, 2.05) is 27.7 Å². The van der Waals surface area contributed by atoms with Crippen molar-refractivity contribution in [3.05, 3.63) is 52.0 Å². The largest absolute Gasteiger partial charge is 0.507 e. The van der Waals surface area contributed by atoms with Crippen LogP contribution in [0.25, 0.3) is 0 Å². The summed E-state index contributed by atoms with van der Waals surface area (Å²) in [6.07, 6.45) is 0. The molecule has 0 aliphatic carbocycles. The maximum absolute atomic E-state index is 12.6.